The summed E-state index contributed by atoms with van der Waals surface area (Å²) in [7, 11) is 1.60. The van der Waals surface area contributed by atoms with E-state index < -0.39 is 0 Å². The van der Waals surface area contributed by atoms with E-state index in [-0.39, 0.29) is 18.6 Å². The average Bonchev–Trinajstić information content (AvgIpc) is 3.42. The number of methoxy groups -OCH3 is 1. The number of nitrogens with one attached hydrogen (secondary N) is 1. The van der Waals surface area contributed by atoms with Crippen molar-refractivity contribution in [2.24, 2.45) is 0 Å². The number of aromatic nitrogens is 3. The molecule has 0 spiro atoms. The summed E-state index contributed by atoms with van der Waals surface area (Å²) in [6, 6.07) is 9.51. The second kappa shape index (κ2) is 8.34. The molecule has 0 radical (unpaired) electrons. The van der Waals surface area contributed by atoms with Crippen LogP contribution in [0.1, 0.15) is 30.1 Å². The summed E-state index contributed by atoms with van der Waals surface area (Å²) >= 11 is 0. The number of rotatable bonds is 6. The first kappa shape index (κ1) is 19.0. The summed E-state index contributed by atoms with van der Waals surface area (Å²) in [6.45, 7) is 2.65. The fraction of sp³-hybridized carbons (Fsp3) is 0.318. The molecule has 3 aromatic rings. The van der Waals surface area contributed by atoms with E-state index in [4.69, 9.17) is 9.47 Å². The number of pyridine rings is 1. The standard InChI is InChI=1S/C22H24N4O3/c1-15-5-6-19(20(12-15)28-2)29-14-21(27)26-11-3-4-18(26)22-17(13-24-25-22)16-7-9-23-10-8-16/h5-10,12-13,18H,3-4,11,14H2,1-2H3,(H,24,25)/t18-/m1/s1. The van der Waals surface area contributed by atoms with E-state index >= 15 is 0 Å². The number of likely N-dealkylation sites (tertiary alicyclic amines) is 1. The third kappa shape index (κ3) is 3.94. The highest BCUT2D eigenvalue weighted by Gasteiger charge is 2.33. The predicted molar refractivity (Wildman–Crippen MR) is 109 cm³/mol. The third-order valence-corrected chi connectivity index (χ3v) is 5.24. The molecule has 1 fully saturated rings. The van der Waals surface area contributed by atoms with Crippen LogP contribution in [0.4, 0.5) is 0 Å². The first-order chi connectivity index (χ1) is 14.2. The molecule has 1 aromatic carbocycles. The van der Waals surface area contributed by atoms with Gasteiger partial charge in [0.2, 0.25) is 0 Å². The Kier molecular flexibility index (Phi) is 5.46. The van der Waals surface area contributed by atoms with Crippen molar-refractivity contribution in [3.05, 3.63) is 60.2 Å². The maximum atomic E-state index is 13.0. The number of aromatic amines is 1. The maximum Gasteiger partial charge on any atom is 0.261 e. The Balaban J connectivity index is 1.50. The zero-order valence-electron chi connectivity index (χ0n) is 16.6. The van der Waals surface area contributed by atoms with Gasteiger partial charge in [0.15, 0.2) is 18.1 Å². The summed E-state index contributed by atoms with van der Waals surface area (Å²) < 4.78 is 11.1. The van der Waals surface area contributed by atoms with E-state index in [2.05, 4.69) is 15.2 Å². The molecule has 150 valence electrons. The van der Waals surface area contributed by atoms with Crippen LogP contribution in [0.15, 0.2) is 48.9 Å². The number of hydrogen-bond donors (Lipinski definition) is 1. The monoisotopic (exact) mass is 392 g/mol. The molecule has 1 saturated heterocycles. The van der Waals surface area contributed by atoms with E-state index in [0.717, 1.165) is 35.2 Å². The number of nitrogens with zero attached hydrogens (tertiary/aromatic N) is 3. The number of aryl methyl sites for hydroxylation is 1. The highest BCUT2D eigenvalue weighted by molar-refractivity contribution is 5.79. The number of ether oxygens (including phenoxy) is 2. The number of H-pyrrole nitrogens is 1. The largest absolute Gasteiger partial charge is 0.493 e. The van der Waals surface area contributed by atoms with Crippen LogP contribution in [0.25, 0.3) is 11.1 Å². The Labute approximate surface area is 169 Å². The highest BCUT2D eigenvalue weighted by atomic mass is 16.5. The summed E-state index contributed by atoms with van der Waals surface area (Å²) in [5, 5.41) is 7.33. The molecule has 7 nitrogen and oxygen atoms in total. The lowest BCUT2D eigenvalue weighted by Gasteiger charge is -2.25. The minimum absolute atomic E-state index is 0.0331. The van der Waals surface area contributed by atoms with E-state index in [1.165, 1.54) is 0 Å². The van der Waals surface area contributed by atoms with Gasteiger partial charge < -0.3 is 14.4 Å². The van der Waals surface area contributed by atoms with Crippen LogP contribution in [0.5, 0.6) is 11.5 Å². The summed E-state index contributed by atoms with van der Waals surface area (Å²) in [5.41, 5.74) is 4.06. The normalized spacial score (nSPS) is 16.1. The summed E-state index contributed by atoms with van der Waals surface area (Å²) in [6.07, 6.45) is 7.15. The molecule has 3 heterocycles. The smallest absolute Gasteiger partial charge is 0.261 e. The Morgan fingerprint density at radius 1 is 1.24 bits per heavy atom. The molecular weight excluding hydrogens is 368 g/mol. The van der Waals surface area contributed by atoms with Crippen LogP contribution in [-0.2, 0) is 4.79 Å². The molecule has 0 bridgehead atoms. The molecule has 0 aliphatic carbocycles. The van der Waals surface area contributed by atoms with Gasteiger partial charge in [0.25, 0.3) is 5.91 Å². The molecule has 1 N–H and O–H groups in total. The topological polar surface area (TPSA) is 80.3 Å². The minimum Gasteiger partial charge on any atom is -0.493 e. The van der Waals surface area contributed by atoms with Crippen LogP contribution in [0.2, 0.25) is 0 Å². The number of hydrogen-bond acceptors (Lipinski definition) is 5. The van der Waals surface area contributed by atoms with Crippen molar-refractivity contribution in [1.82, 2.24) is 20.1 Å². The Morgan fingerprint density at radius 2 is 2.07 bits per heavy atom. The van der Waals surface area contributed by atoms with Gasteiger partial charge in [-0.1, -0.05) is 6.07 Å². The fourth-order valence-corrected chi connectivity index (χ4v) is 3.79. The van der Waals surface area contributed by atoms with Crippen molar-refractivity contribution in [1.29, 1.82) is 0 Å². The SMILES string of the molecule is COc1cc(C)ccc1OCC(=O)N1CCC[C@@H]1c1[nH]ncc1-c1ccncc1. The van der Waals surface area contributed by atoms with Crippen molar-refractivity contribution >= 4 is 5.91 Å². The maximum absolute atomic E-state index is 13.0. The molecule has 0 unspecified atom stereocenters. The molecule has 1 amide bonds. The molecule has 1 aliphatic rings. The van der Waals surface area contributed by atoms with Crippen molar-refractivity contribution in [3.63, 3.8) is 0 Å². The molecule has 1 aliphatic heterocycles. The van der Waals surface area contributed by atoms with E-state index in [1.807, 2.05) is 42.2 Å². The number of carbonyl (C=O) groups excluding carboxylic acids is 1. The molecule has 1 atom stereocenters. The Bertz CT molecular complexity index is 987. The van der Waals surface area contributed by atoms with E-state index in [1.54, 1.807) is 25.7 Å². The predicted octanol–water partition coefficient (Wildman–Crippen LogP) is 3.53. The van der Waals surface area contributed by atoms with Gasteiger partial charge in [-0.05, 0) is 55.2 Å². The molecule has 29 heavy (non-hydrogen) atoms. The first-order valence-electron chi connectivity index (χ1n) is 9.68. The summed E-state index contributed by atoms with van der Waals surface area (Å²) in [5.74, 6) is 1.15. The van der Waals surface area contributed by atoms with Gasteiger partial charge in [0.05, 0.1) is 25.0 Å². The first-order valence-corrected chi connectivity index (χ1v) is 9.68. The third-order valence-electron chi connectivity index (χ3n) is 5.24. The van der Waals surface area contributed by atoms with Gasteiger partial charge >= 0.3 is 0 Å². The molecule has 4 rings (SSSR count). The molecule has 7 heteroatoms. The van der Waals surface area contributed by atoms with Gasteiger partial charge in [-0.15, -0.1) is 0 Å². The zero-order chi connectivity index (χ0) is 20.2. The van der Waals surface area contributed by atoms with Crippen molar-refractivity contribution in [2.75, 3.05) is 20.3 Å². The van der Waals surface area contributed by atoms with Crippen LogP contribution >= 0.6 is 0 Å². The van der Waals surface area contributed by atoms with Crippen LogP contribution in [0.3, 0.4) is 0 Å². The van der Waals surface area contributed by atoms with Crippen molar-refractivity contribution < 1.29 is 14.3 Å². The Hall–Kier alpha value is -3.35. The van der Waals surface area contributed by atoms with Crippen molar-refractivity contribution in [2.45, 2.75) is 25.8 Å². The lowest BCUT2D eigenvalue weighted by molar-refractivity contribution is -0.134. The summed E-state index contributed by atoms with van der Waals surface area (Å²) in [4.78, 5) is 18.9. The lowest BCUT2D eigenvalue weighted by Crippen LogP contribution is -2.34. The van der Waals surface area contributed by atoms with Gasteiger partial charge in [-0.3, -0.25) is 14.9 Å². The van der Waals surface area contributed by atoms with Gasteiger partial charge in [-0.2, -0.15) is 5.10 Å². The van der Waals surface area contributed by atoms with Crippen LogP contribution in [-0.4, -0.2) is 46.2 Å². The number of amides is 1. The van der Waals surface area contributed by atoms with Gasteiger partial charge in [0.1, 0.15) is 0 Å². The van der Waals surface area contributed by atoms with Crippen molar-refractivity contribution in [3.8, 4) is 22.6 Å². The van der Waals surface area contributed by atoms with Crippen LogP contribution in [0, 0.1) is 6.92 Å². The fourth-order valence-electron chi connectivity index (χ4n) is 3.79. The Morgan fingerprint density at radius 3 is 2.86 bits per heavy atom. The van der Waals surface area contributed by atoms with E-state index in [0.29, 0.717) is 18.0 Å². The number of benzene rings is 1. The zero-order valence-corrected chi connectivity index (χ0v) is 16.6. The number of carbonyl (C=O) groups is 1. The second-order valence-electron chi connectivity index (χ2n) is 7.12. The lowest BCUT2D eigenvalue weighted by atomic mass is 10.0. The van der Waals surface area contributed by atoms with E-state index in [9.17, 15) is 4.79 Å². The second-order valence-corrected chi connectivity index (χ2v) is 7.12. The van der Waals surface area contributed by atoms with Gasteiger partial charge in [-0.25, -0.2) is 0 Å². The minimum atomic E-state index is -0.0505. The average molecular weight is 392 g/mol. The highest BCUT2D eigenvalue weighted by Crippen LogP contribution is 2.36. The quantitative estimate of drug-likeness (QED) is 0.694. The molecule has 0 saturated carbocycles. The molecular formula is C22H24N4O3. The molecule has 2 aromatic heterocycles. The van der Waals surface area contributed by atoms with Gasteiger partial charge in [0, 0.05) is 24.5 Å². The van der Waals surface area contributed by atoms with Crippen LogP contribution < -0.4 is 9.47 Å².